The number of rotatable bonds is 9. The molecule has 2 rings (SSSR count). The lowest BCUT2D eigenvalue weighted by Gasteiger charge is -2.10. The average molecular weight is 376 g/mol. The number of carbonyl (C=O) groups is 2. The molecule has 1 N–H and O–H groups in total. The predicted molar refractivity (Wildman–Crippen MR) is 101 cm³/mol. The maximum Gasteiger partial charge on any atom is 0.220 e. The molecule has 5 nitrogen and oxygen atoms in total. The van der Waals surface area contributed by atoms with E-state index in [2.05, 4.69) is 5.32 Å². The lowest BCUT2D eigenvalue weighted by molar-refractivity contribution is -0.121. The molecule has 0 aromatic heterocycles. The molecule has 6 heteroatoms. The normalized spacial score (nSPS) is 10.3. The van der Waals surface area contributed by atoms with E-state index in [0.717, 1.165) is 5.56 Å². The van der Waals surface area contributed by atoms with Gasteiger partial charge in [0.25, 0.3) is 0 Å². The maximum absolute atomic E-state index is 12.1. The summed E-state index contributed by atoms with van der Waals surface area (Å²) < 4.78 is 10.5. The zero-order chi connectivity index (χ0) is 18.9. The molecule has 138 valence electrons. The third-order valence-corrected chi connectivity index (χ3v) is 4.14. The number of nitrogens with one attached hydrogen (secondary N) is 1. The van der Waals surface area contributed by atoms with Crippen LogP contribution in [0.5, 0.6) is 11.5 Å². The van der Waals surface area contributed by atoms with Crippen LogP contribution < -0.4 is 14.8 Å². The first-order chi connectivity index (χ1) is 12.5. The summed E-state index contributed by atoms with van der Waals surface area (Å²) in [4.78, 5) is 24.0. The van der Waals surface area contributed by atoms with Gasteiger partial charge in [-0.25, -0.2) is 0 Å². The number of hydrogen-bond acceptors (Lipinski definition) is 4. The Hall–Kier alpha value is -2.53. The van der Waals surface area contributed by atoms with Crippen molar-refractivity contribution in [2.75, 3.05) is 20.8 Å². The summed E-state index contributed by atoms with van der Waals surface area (Å²) in [5, 5.41) is 3.34. The SMILES string of the molecule is COc1ccc(CCNC(=O)CCC(=O)c2cccc(Cl)c2)cc1OC. The lowest BCUT2D eigenvalue weighted by atomic mass is 10.1. The van der Waals surface area contributed by atoms with Crippen molar-refractivity contribution in [3.63, 3.8) is 0 Å². The number of hydrogen-bond donors (Lipinski definition) is 1. The number of methoxy groups -OCH3 is 2. The topological polar surface area (TPSA) is 64.6 Å². The second kappa shape index (κ2) is 9.82. The molecular formula is C20H22ClNO4. The molecule has 0 aliphatic rings. The first-order valence-electron chi connectivity index (χ1n) is 8.30. The zero-order valence-corrected chi connectivity index (χ0v) is 15.6. The molecule has 0 atom stereocenters. The smallest absolute Gasteiger partial charge is 0.220 e. The van der Waals surface area contributed by atoms with Crippen LogP contribution in [0.2, 0.25) is 5.02 Å². The Morgan fingerprint density at radius 1 is 1.00 bits per heavy atom. The average Bonchev–Trinajstić information content (AvgIpc) is 2.65. The van der Waals surface area contributed by atoms with E-state index in [-0.39, 0.29) is 24.5 Å². The molecule has 0 aliphatic carbocycles. The Morgan fingerprint density at radius 3 is 2.46 bits per heavy atom. The molecule has 26 heavy (non-hydrogen) atoms. The van der Waals surface area contributed by atoms with Gasteiger partial charge >= 0.3 is 0 Å². The van der Waals surface area contributed by atoms with Gasteiger partial charge in [0.05, 0.1) is 14.2 Å². The van der Waals surface area contributed by atoms with Crippen molar-refractivity contribution in [3.8, 4) is 11.5 Å². The van der Waals surface area contributed by atoms with Crippen molar-refractivity contribution in [1.29, 1.82) is 0 Å². The molecule has 1 amide bonds. The summed E-state index contributed by atoms with van der Waals surface area (Å²) in [5.74, 6) is 1.08. The van der Waals surface area contributed by atoms with Crippen LogP contribution in [0.4, 0.5) is 0 Å². The van der Waals surface area contributed by atoms with Gasteiger partial charge in [0.2, 0.25) is 5.91 Å². The second-order valence-electron chi connectivity index (χ2n) is 5.72. The van der Waals surface area contributed by atoms with Gasteiger partial charge in [-0.1, -0.05) is 29.8 Å². The van der Waals surface area contributed by atoms with E-state index in [1.54, 1.807) is 38.5 Å². The van der Waals surface area contributed by atoms with E-state index in [1.165, 1.54) is 0 Å². The van der Waals surface area contributed by atoms with Gasteiger partial charge in [-0.3, -0.25) is 9.59 Å². The fourth-order valence-electron chi connectivity index (χ4n) is 2.50. The summed E-state index contributed by atoms with van der Waals surface area (Å²) in [6.45, 7) is 0.486. The number of ketones is 1. The molecular weight excluding hydrogens is 354 g/mol. The molecule has 2 aromatic rings. The highest BCUT2D eigenvalue weighted by Crippen LogP contribution is 2.27. The van der Waals surface area contributed by atoms with Crippen LogP contribution in [0, 0.1) is 0 Å². The fraction of sp³-hybridized carbons (Fsp3) is 0.300. The van der Waals surface area contributed by atoms with Gasteiger partial charge in [0, 0.05) is 30.0 Å². The van der Waals surface area contributed by atoms with Crippen LogP contribution in [-0.4, -0.2) is 32.5 Å². The highest BCUT2D eigenvalue weighted by molar-refractivity contribution is 6.31. The van der Waals surface area contributed by atoms with Crippen molar-refractivity contribution in [1.82, 2.24) is 5.32 Å². The number of benzene rings is 2. The first kappa shape index (κ1) is 19.8. The van der Waals surface area contributed by atoms with Gasteiger partial charge in [0.15, 0.2) is 17.3 Å². The summed E-state index contributed by atoms with van der Waals surface area (Å²) in [7, 11) is 3.17. The van der Waals surface area contributed by atoms with Gasteiger partial charge in [0.1, 0.15) is 0 Å². The highest BCUT2D eigenvalue weighted by Gasteiger charge is 2.10. The van der Waals surface area contributed by atoms with Crippen molar-refractivity contribution >= 4 is 23.3 Å². The number of Topliss-reactive ketones (excluding diaryl/α,β-unsaturated/α-hetero) is 1. The van der Waals surface area contributed by atoms with Crippen LogP contribution in [-0.2, 0) is 11.2 Å². The number of carbonyl (C=O) groups excluding carboxylic acids is 2. The molecule has 0 aliphatic heterocycles. The van der Waals surface area contributed by atoms with Crippen LogP contribution in [0.3, 0.4) is 0 Å². The Balaban J connectivity index is 1.76. The largest absolute Gasteiger partial charge is 0.493 e. The van der Waals surface area contributed by atoms with Crippen LogP contribution in [0.25, 0.3) is 0 Å². The molecule has 0 unspecified atom stereocenters. The third-order valence-electron chi connectivity index (χ3n) is 3.91. The minimum absolute atomic E-state index is 0.0949. The Labute approximate surface area is 158 Å². The minimum atomic E-state index is -0.152. The molecule has 2 aromatic carbocycles. The number of ether oxygens (including phenoxy) is 2. The van der Waals surface area contributed by atoms with Gasteiger partial charge in [-0.2, -0.15) is 0 Å². The molecule has 0 fully saturated rings. The van der Waals surface area contributed by atoms with E-state index in [4.69, 9.17) is 21.1 Å². The molecule has 0 saturated heterocycles. The molecule has 0 radical (unpaired) electrons. The highest BCUT2D eigenvalue weighted by atomic mass is 35.5. The quantitative estimate of drug-likeness (QED) is 0.679. The van der Waals surface area contributed by atoms with Crippen molar-refractivity contribution in [2.45, 2.75) is 19.3 Å². The Bertz CT molecular complexity index is 776. The van der Waals surface area contributed by atoms with Crippen LogP contribution in [0.15, 0.2) is 42.5 Å². The molecule has 0 heterocycles. The summed E-state index contributed by atoms with van der Waals surface area (Å²) >= 11 is 5.87. The number of halogens is 1. The molecule has 0 bridgehead atoms. The van der Waals surface area contributed by atoms with Crippen LogP contribution in [0.1, 0.15) is 28.8 Å². The summed E-state index contributed by atoms with van der Waals surface area (Å²) in [6.07, 6.45) is 0.966. The zero-order valence-electron chi connectivity index (χ0n) is 14.9. The lowest BCUT2D eigenvalue weighted by Crippen LogP contribution is -2.26. The summed E-state index contributed by atoms with van der Waals surface area (Å²) in [6, 6.07) is 12.4. The Morgan fingerprint density at radius 2 is 1.77 bits per heavy atom. The minimum Gasteiger partial charge on any atom is -0.493 e. The van der Waals surface area contributed by atoms with Gasteiger partial charge < -0.3 is 14.8 Å². The second-order valence-corrected chi connectivity index (χ2v) is 6.16. The van der Waals surface area contributed by atoms with Gasteiger partial charge in [-0.15, -0.1) is 0 Å². The van der Waals surface area contributed by atoms with Crippen molar-refractivity contribution in [3.05, 3.63) is 58.6 Å². The molecule has 0 saturated carbocycles. The Kier molecular flexibility index (Phi) is 7.48. The van der Waals surface area contributed by atoms with Crippen LogP contribution >= 0.6 is 11.6 Å². The first-order valence-corrected chi connectivity index (χ1v) is 8.67. The number of amides is 1. The van der Waals surface area contributed by atoms with E-state index in [9.17, 15) is 9.59 Å². The predicted octanol–water partition coefficient (Wildman–Crippen LogP) is 3.68. The van der Waals surface area contributed by atoms with E-state index in [1.807, 2.05) is 18.2 Å². The standard InChI is InChI=1S/C20H22ClNO4/c1-25-18-8-6-14(12-19(18)26-2)10-11-22-20(24)9-7-17(23)15-4-3-5-16(21)13-15/h3-6,8,12-13H,7,9-11H2,1-2H3,(H,22,24). The molecule has 0 spiro atoms. The van der Waals surface area contributed by atoms with Crippen molar-refractivity contribution in [2.24, 2.45) is 0 Å². The summed E-state index contributed by atoms with van der Waals surface area (Å²) in [5.41, 5.74) is 1.55. The van der Waals surface area contributed by atoms with E-state index < -0.39 is 0 Å². The van der Waals surface area contributed by atoms with E-state index >= 15 is 0 Å². The fourth-order valence-corrected chi connectivity index (χ4v) is 2.69. The third kappa shape index (κ3) is 5.77. The van der Waals surface area contributed by atoms with E-state index in [0.29, 0.717) is 35.1 Å². The van der Waals surface area contributed by atoms with Gasteiger partial charge in [-0.05, 0) is 36.2 Å². The maximum atomic E-state index is 12.1. The monoisotopic (exact) mass is 375 g/mol. The van der Waals surface area contributed by atoms with Crippen molar-refractivity contribution < 1.29 is 19.1 Å².